The monoisotopic (exact) mass is 514 g/mol. The van der Waals surface area contributed by atoms with Gasteiger partial charge in [0.1, 0.15) is 11.3 Å². The van der Waals surface area contributed by atoms with Crippen LogP contribution in [0.1, 0.15) is 5.56 Å². The molecule has 1 aromatic heterocycles. The summed E-state index contributed by atoms with van der Waals surface area (Å²) in [6.07, 6.45) is 2.98. The second-order valence-electron chi connectivity index (χ2n) is 7.98. The van der Waals surface area contributed by atoms with Gasteiger partial charge in [0, 0.05) is 27.9 Å². The molecule has 36 heavy (non-hydrogen) atoms. The fraction of sp³-hybridized carbons (Fsp3) is 0.0345. The Morgan fingerprint density at radius 2 is 1.64 bits per heavy atom. The second-order valence-corrected chi connectivity index (χ2v) is 8.82. The zero-order valence-corrected chi connectivity index (χ0v) is 20.7. The Hall–Kier alpha value is -4.06. The Kier molecular flexibility index (Phi) is 6.76. The minimum Gasteiger partial charge on any atom is -0.495 e. The van der Waals surface area contributed by atoms with Gasteiger partial charge in [-0.1, -0.05) is 65.7 Å². The molecule has 0 atom stereocenters. The molecule has 0 aliphatic rings. The lowest BCUT2D eigenvalue weighted by molar-refractivity contribution is -0.111. The predicted molar refractivity (Wildman–Crippen MR) is 146 cm³/mol. The molecule has 0 aliphatic carbocycles. The van der Waals surface area contributed by atoms with E-state index in [9.17, 15) is 4.79 Å². The first kappa shape index (κ1) is 23.7. The Morgan fingerprint density at radius 1 is 0.917 bits per heavy atom. The summed E-state index contributed by atoms with van der Waals surface area (Å²) in [6, 6.07) is 26.8. The fourth-order valence-corrected chi connectivity index (χ4v) is 4.42. The van der Waals surface area contributed by atoms with Crippen LogP contribution in [0.2, 0.25) is 10.0 Å². The van der Waals surface area contributed by atoms with E-state index in [-0.39, 0.29) is 5.91 Å². The first-order valence-electron chi connectivity index (χ1n) is 11.1. The van der Waals surface area contributed by atoms with Crippen molar-refractivity contribution in [2.24, 2.45) is 0 Å². The summed E-state index contributed by atoms with van der Waals surface area (Å²) in [5.74, 6) is 0.629. The highest BCUT2D eigenvalue weighted by atomic mass is 35.5. The maximum atomic E-state index is 12.5. The van der Waals surface area contributed by atoms with Crippen molar-refractivity contribution in [3.8, 4) is 28.3 Å². The number of oxazole rings is 1. The fourth-order valence-electron chi connectivity index (χ4n) is 3.83. The molecule has 0 saturated heterocycles. The first-order valence-corrected chi connectivity index (χ1v) is 11.8. The number of hydrogen-bond acceptors (Lipinski definition) is 4. The van der Waals surface area contributed by atoms with Gasteiger partial charge in [-0.25, -0.2) is 4.98 Å². The van der Waals surface area contributed by atoms with E-state index in [1.165, 1.54) is 13.2 Å². The van der Waals surface area contributed by atoms with Crippen LogP contribution >= 0.6 is 23.2 Å². The molecule has 7 heteroatoms. The zero-order valence-electron chi connectivity index (χ0n) is 19.2. The zero-order chi connectivity index (χ0) is 25.1. The molecule has 1 amide bonds. The van der Waals surface area contributed by atoms with Crippen LogP contribution in [0.15, 0.2) is 95.4 Å². The van der Waals surface area contributed by atoms with Crippen LogP contribution in [-0.2, 0) is 4.79 Å². The first-order chi connectivity index (χ1) is 17.5. The summed E-state index contributed by atoms with van der Waals surface area (Å²) in [7, 11) is 1.51. The van der Waals surface area contributed by atoms with E-state index in [2.05, 4.69) is 22.4 Å². The van der Waals surface area contributed by atoms with Crippen LogP contribution in [-0.4, -0.2) is 18.0 Å². The molecule has 0 radical (unpaired) electrons. The molecule has 5 nitrogen and oxygen atoms in total. The molecule has 0 fully saturated rings. The molecule has 5 aromatic rings. The van der Waals surface area contributed by atoms with E-state index in [1.54, 1.807) is 36.4 Å². The molecule has 4 aromatic carbocycles. The minimum absolute atomic E-state index is 0.326. The highest BCUT2D eigenvalue weighted by molar-refractivity contribution is 6.36. The Labute approximate surface area is 217 Å². The maximum absolute atomic E-state index is 12.5. The van der Waals surface area contributed by atoms with Gasteiger partial charge in [-0.3, -0.25) is 4.79 Å². The van der Waals surface area contributed by atoms with Crippen LogP contribution in [0.3, 0.4) is 0 Å². The number of halogens is 2. The molecule has 0 unspecified atom stereocenters. The lowest BCUT2D eigenvalue weighted by atomic mass is 10.0. The van der Waals surface area contributed by atoms with Crippen LogP contribution in [0, 0.1) is 0 Å². The Balaban J connectivity index is 1.32. The molecule has 0 aliphatic heterocycles. The topological polar surface area (TPSA) is 64.4 Å². The van der Waals surface area contributed by atoms with Gasteiger partial charge in [0.25, 0.3) is 0 Å². The Morgan fingerprint density at radius 3 is 2.39 bits per heavy atom. The van der Waals surface area contributed by atoms with Crippen molar-refractivity contribution in [1.82, 2.24) is 4.98 Å². The number of ether oxygens (including phenoxy) is 1. The van der Waals surface area contributed by atoms with E-state index < -0.39 is 0 Å². The summed E-state index contributed by atoms with van der Waals surface area (Å²) in [5, 5.41) is 3.65. The van der Waals surface area contributed by atoms with Crippen molar-refractivity contribution < 1.29 is 13.9 Å². The molecular weight excluding hydrogens is 495 g/mol. The third-order valence-corrected chi connectivity index (χ3v) is 6.05. The molecule has 0 saturated carbocycles. The molecule has 0 bridgehead atoms. The van der Waals surface area contributed by atoms with Gasteiger partial charge in [-0.2, -0.15) is 0 Å². The number of methoxy groups -OCH3 is 1. The van der Waals surface area contributed by atoms with Crippen LogP contribution in [0.25, 0.3) is 39.8 Å². The molecular formula is C29H20Cl2N2O3. The molecule has 1 heterocycles. The smallest absolute Gasteiger partial charge is 0.248 e. The number of fused-ring (bicyclic) bond motifs is 1. The number of aromatic nitrogens is 1. The summed E-state index contributed by atoms with van der Waals surface area (Å²) in [6.45, 7) is 0. The average molecular weight is 515 g/mol. The highest BCUT2D eigenvalue weighted by Crippen LogP contribution is 2.33. The molecule has 178 valence electrons. The van der Waals surface area contributed by atoms with Crippen molar-refractivity contribution in [1.29, 1.82) is 0 Å². The lowest BCUT2D eigenvalue weighted by Crippen LogP contribution is -2.07. The van der Waals surface area contributed by atoms with Crippen molar-refractivity contribution >= 4 is 52.0 Å². The normalized spacial score (nSPS) is 11.2. The van der Waals surface area contributed by atoms with Crippen molar-refractivity contribution in [3.05, 3.63) is 107 Å². The SMILES string of the molecule is COc1c(Cl)cc(Cl)cc1/C=C/C(=O)Nc1ccc2oc(-c3ccc(-c4ccccc4)cc3)nc2c1. The third-order valence-electron chi connectivity index (χ3n) is 5.55. The van der Waals surface area contributed by atoms with Gasteiger partial charge in [0.15, 0.2) is 5.58 Å². The number of rotatable bonds is 6. The number of hydrogen-bond donors (Lipinski definition) is 1. The largest absolute Gasteiger partial charge is 0.495 e. The van der Waals surface area contributed by atoms with E-state index >= 15 is 0 Å². The van der Waals surface area contributed by atoms with Crippen LogP contribution < -0.4 is 10.1 Å². The van der Waals surface area contributed by atoms with E-state index in [1.807, 2.05) is 42.5 Å². The lowest BCUT2D eigenvalue weighted by Gasteiger charge is -2.08. The molecule has 1 N–H and O–H groups in total. The number of benzene rings is 4. The van der Waals surface area contributed by atoms with Crippen molar-refractivity contribution in [3.63, 3.8) is 0 Å². The van der Waals surface area contributed by atoms with Gasteiger partial charge in [0.05, 0.1) is 12.1 Å². The highest BCUT2D eigenvalue weighted by Gasteiger charge is 2.11. The quantitative estimate of drug-likeness (QED) is 0.232. The maximum Gasteiger partial charge on any atom is 0.248 e. The van der Waals surface area contributed by atoms with Gasteiger partial charge < -0.3 is 14.5 Å². The average Bonchev–Trinajstić information content (AvgIpc) is 3.31. The number of anilines is 1. The third kappa shape index (κ3) is 5.13. The number of carbonyl (C=O) groups excluding carboxylic acids is 1. The second kappa shape index (κ2) is 10.3. The Bertz CT molecular complexity index is 1580. The van der Waals surface area contributed by atoms with E-state index in [4.69, 9.17) is 32.4 Å². The van der Waals surface area contributed by atoms with Crippen molar-refractivity contribution in [2.75, 3.05) is 12.4 Å². The molecule has 5 rings (SSSR count). The summed E-state index contributed by atoms with van der Waals surface area (Å²) in [4.78, 5) is 17.1. The van der Waals surface area contributed by atoms with E-state index in [0.29, 0.717) is 44.0 Å². The van der Waals surface area contributed by atoms with E-state index in [0.717, 1.165) is 16.7 Å². The molecule has 0 spiro atoms. The van der Waals surface area contributed by atoms with Crippen LogP contribution in [0.5, 0.6) is 5.75 Å². The van der Waals surface area contributed by atoms with Crippen LogP contribution in [0.4, 0.5) is 5.69 Å². The summed E-state index contributed by atoms with van der Waals surface area (Å²) < 4.78 is 11.2. The van der Waals surface area contributed by atoms with Gasteiger partial charge >= 0.3 is 0 Å². The number of nitrogens with zero attached hydrogens (tertiary/aromatic N) is 1. The number of amides is 1. The predicted octanol–water partition coefficient (Wildman–Crippen LogP) is 8.13. The summed E-state index contributed by atoms with van der Waals surface area (Å²) in [5.41, 5.74) is 5.59. The number of carbonyl (C=O) groups is 1. The van der Waals surface area contributed by atoms with Gasteiger partial charge in [-0.05, 0) is 59.7 Å². The van der Waals surface area contributed by atoms with Gasteiger partial charge in [0.2, 0.25) is 11.8 Å². The summed E-state index contributed by atoms with van der Waals surface area (Å²) >= 11 is 12.2. The van der Waals surface area contributed by atoms with Crippen molar-refractivity contribution in [2.45, 2.75) is 0 Å². The van der Waals surface area contributed by atoms with Gasteiger partial charge in [-0.15, -0.1) is 0 Å². The standard InChI is InChI=1S/C29H20Cl2N2O3/c1-35-28-21(15-22(30)16-24(28)31)11-14-27(34)32-23-12-13-26-25(17-23)33-29(36-26)20-9-7-19(8-10-20)18-5-3-2-4-6-18/h2-17H,1H3,(H,32,34)/b14-11+. The minimum atomic E-state index is -0.326. The number of nitrogens with one attached hydrogen (secondary N) is 1.